The molecule has 0 aliphatic heterocycles. The fourth-order valence-electron chi connectivity index (χ4n) is 4.06. The summed E-state index contributed by atoms with van der Waals surface area (Å²) in [6.07, 6.45) is 0.675. The molecule has 1 heterocycles. The SMILES string of the molecule is C/C(Nc1ccc2oc(=O)ccc2c1)=C1/C(=O)CC2[C@H]1C2(C)C. The van der Waals surface area contributed by atoms with Crippen molar-refractivity contribution < 1.29 is 9.21 Å². The molecule has 4 heteroatoms. The zero-order chi connectivity index (χ0) is 16.4. The summed E-state index contributed by atoms with van der Waals surface area (Å²) in [6, 6.07) is 8.73. The summed E-state index contributed by atoms with van der Waals surface area (Å²) in [5.41, 5.74) is 3.25. The third-order valence-electron chi connectivity index (χ3n) is 5.42. The van der Waals surface area contributed by atoms with Gasteiger partial charge in [0.15, 0.2) is 5.78 Å². The number of hydrogen-bond donors (Lipinski definition) is 1. The number of rotatable bonds is 2. The Morgan fingerprint density at radius 1 is 1.22 bits per heavy atom. The van der Waals surface area contributed by atoms with Crippen LogP contribution in [-0.4, -0.2) is 5.78 Å². The summed E-state index contributed by atoms with van der Waals surface area (Å²) in [4.78, 5) is 23.5. The van der Waals surface area contributed by atoms with Crippen LogP contribution >= 0.6 is 0 Å². The third kappa shape index (κ3) is 2.12. The number of benzene rings is 1. The van der Waals surface area contributed by atoms with Crippen LogP contribution in [0.1, 0.15) is 27.2 Å². The smallest absolute Gasteiger partial charge is 0.336 e. The van der Waals surface area contributed by atoms with Gasteiger partial charge in [0, 0.05) is 34.8 Å². The Balaban J connectivity index is 1.67. The van der Waals surface area contributed by atoms with E-state index in [4.69, 9.17) is 4.42 Å². The van der Waals surface area contributed by atoms with E-state index in [1.807, 2.05) is 19.1 Å². The van der Waals surface area contributed by atoms with Crippen molar-refractivity contribution in [3.05, 3.63) is 52.0 Å². The van der Waals surface area contributed by atoms with E-state index in [1.165, 1.54) is 6.07 Å². The Bertz CT molecular complexity index is 920. The summed E-state index contributed by atoms with van der Waals surface area (Å²) in [6.45, 7) is 6.44. The molecule has 4 nitrogen and oxygen atoms in total. The quantitative estimate of drug-likeness (QED) is 0.678. The fourth-order valence-corrected chi connectivity index (χ4v) is 4.06. The third-order valence-corrected chi connectivity index (χ3v) is 5.42. The minimum absolute atomic E-state index is 0.249. The molecule has 0 radical (unpaired) electrons. The molecule has 1 aromatic heterocycles. The van der Waals surface area contributed by atoms with Gasteiger partial charge in [-0.2, -0.15) is 0 Å². The topological polar surface area (TPSA) is 59.3 Å². The second kappa shape index (κ2) is 4.57. The number of carbonyl (C=O) groups is 1. The summed E-state index contributed by atoms with van der Waals surface area (Å²) in [5, 5.41) is 4.21. The molecule has 4 rings (SSSR count). The van der Waals surface area contributed by atoms with Gasteiger partial charge < -0.3 is 9.73 Å². The predicted molar refractivity (Wildman–Crippen MR) is 89.2 cm³/mol. The van der Waals surface area contributed by atoms with Crippen LogP contribution in [0.15, 0.2) is 50.8 Å². The highest BCUT2D eigenvalue weighted by Crippen LogP contribution is 2.68. The maximum Gasteiger partial charge on any atom is 0.336 e. The van der Waals surface area contributed by atoms with Gasteiger partial charge in [0.1, 0.15) is 5.58 Å². The van der Waals surface area contributed by atoms with Gasteiger partial charge in [0.05, 0.1) is 0 Å². The van der Waals surface area contributed by atoms with Crippen molar-refractivity contribution in [3.63, 3.8) is 0 Å². The second-order valence-corrected chi connectivity index (χ2v) is 7.20. The molecule has 1 aromatic carbocycles. The Kier molecular flexibility index (Phi) is 2.83. The highest BCUT2D eigenvalue weighted by Gasteiger charge is 2.65. The largest absolute Gasteiger partial charge is 0.423 e. The number of anilines is 1. The molecule has 2 aliphatic rings. The first-order chi connectivity index (χ1) is 10.9. The standard InChI is InChI=1S/C19H19NO3/c1-10(17-14(21)9-13-18(17)19(13,2)3)20-12-5-6-15-11(8-12)4-7-16(22)23-15/h4-8,13,18,20H,9H2,1-3H3/b17-10+/t13?,18-/m1/s1. The van der Waals surface area contributed by atoms with E-state index in [0.717, 1.165) is 22.3 Å². The van der Waals surface area contributed by atoms with Gasteiger partial charge in [-0.05, 0) is 48.4 Å². The minimum atomic E-state index is -0.352. The molecule has 0 bridgehead atoms. The fraction of sp³-hybridized carbons (Fsp3) is 0.368. The number of hydrogen-bond acceptors (Lipinski definition) is 4. The van der Waals surface area contributed by atoms with Crippen LogP contribution in [0.25, 0.3) is 11.0 Å². The van der Waals surface area contributed by atoms with Gasteiger partial charge in [-0.25, -0.2) is 4.79 Å². The van der Waals surface area contributed by atoms with Crippen LogP contribution in [0, 0.1) is 17.3 Å². The molecule has 0 saturated heterocycles. The second-order valence-electron chi connectivity index (χ2n) is 7.20. The molecule has 1 N–H and O–H groups in total. The number of carbonyl (C=O) groups excluding carboxylic acids is 1. The highest BCUT2D eigenvalue weighted by molar-refractivity contribution is 6.01. The molecular formula is C19H19NO3. The van der Waals surface area contributed by atoms with Crippen LogP contribution < -0.4 is 10.9 Å². The lowest BCUT2D eigenvalue weighted by Crippen LogP contribution is -2.12. The number of nitrogens with one attached hydrogen (secondary N) is 1. The molecule has 1 unspecified atom stereocenters. The van der Waals surface area contributed by atoms with Crippen molar-refractivity contribution in [2.45, 2.75) is 27.2 Å². The lowest BCUT2D eigenvalue weighted by molar-refractivity contribution is -0.115. The molecule has 0 amide bonds. The summed E-state index contributed by atoms with van der Waals surface area (Å²) < 4.78 is 5.14. The Morgan fingerprint density at radius 3 is 2.74 bits per heavy atom. The van der Waals surface area contributed by atoms with E-state index in [2.05, 4.69) is 19.2 Å². The molecule has 2 fully saturated rings. The summed E-state index contributed by atoms with van der Waals surface area (Å²) >= 11 is 0. The van der Waals surface area contributed by atoms with E-state index < -0.39 is 0 Å². The maximum atomic E-state index is 12.2. The number of allylic oxidation sites excluding steroid dienone is 2. The predicted octanol–water partition coefficient (Wildman–Crippen LogP) is 3.72. The van der Waals surface area contributed by atoms with Gasteiger partial charge in [-0.15, -0.1) is 0 Å². The van der Waals surface area contributed by atoms with Gasteiger partial charge in [0.25, 0.3) is 0 Å². The van der Waals surface area contributed by atoms with Crippen LogP contribution in [-0.2, 0) is 4.79 Å². The van der Waals surface area contributed by atoms with Crippen LogP contribution in [0.2, 0.25) is 0 Å². The van der Waals surface area contributed by atoms with Crippen LogP contribution in [0.5, 0.6) is 0 Å². The van der Waals surface area contributed by atoms with Gasteiger partial charge in [-0.3, -0.25) is 4.79 Å². The maximum absolute atomic E-state index is 12.2. The molecule has 2 saturated carbocycles. The Morgan fingerprint density at radius 2 is 2.00 bits per heavy atom. The van der Waals surface area contributed by atoms with Crippen molar-refractivity contribution >= 4 is 22.4 Å². The van der Waals surface area contributed by atoms with Gasteiger partial charge in [0.2, 0.25) is 0 Å². The molecule has 2 atom stereocenters. The monoisotopic (exact) mass is 309 g/mol. The summed E-state index contributed by atoms with van der Waals surface area (Å²) in [7, 11) is 0. The zero-order valence-corrected chi connectivity index (χ0v) is 13.5. The lowest BCUT2D eigenvalue weighted by atomic mass is 9.95. The average Bonchev–Trinajstić information content (AvgIpc) is 2.84. The van der Waals surface area contributed by atoms with E-state index >= 15 is 0 Å². The van der Waals surface area contributed by atoms with Crippen molar-refractivity contribution in [1.82, 2.24) is 0 Å². The van der Waals surface area contributed by atoms with E-state index in [-0.39, 0.29) is 16.8 Å². The van der Waals surface area contributed by atoms with Crippen molar-refractivity contribution in [2.24, 2.45) is 17.3 Å². The molecule has 0 spiro atoms. The van der Waals surface area contributed by atoms with Crippen molar-refractivity contribution in [3.8, 4) is 0 Å². The highest BCUT2D eigenvalue weighted by atomic mass is 16.4. The van der Waals surface area contributed by atoms with Crippen LogP contribution in [0.4, 0.5) is 5.69 Å². The van der Waals surface area contributed by atoms with E-state index in [9.17, 15) is 9.59 Å². The van der Waals surface area contributed by atoms with Crippen molar-refractivity contribution in [2.75, 3.05) is 5.32 Å². The number of Topliss-reactive ketones (excluding diaryl/α,β-unsaturated/α-hetero) is 1. The molecule has 2 aliphatic carbocycles. The minimum Gasteiger partial charge on any atom is -0.423 e. The summed E-state index contributed by atoms with van der Waals surface area (Å²) in [5.74, 6) is 1.17. The molecular weight excluding hydrogens is 290 g/mol. The Hall–Kier alpha value is -2.36. The molecule has 23 heavy (non-hydrogen) atoms. The lowest BCUT2D eigenvalue weighted by Gasteiger charge is -2.14. The van der Waals surface area contributed by atoms with Crippen LogP contribution in [0.3, 0.4) is 0 Å². The first-order valence-electron chi connectivity index (χ1n) is 7.93. The zero-order valence-electron chi connectivity index (χ0n) is 13.5. The van der Waals surface area contributed by atoms with Crippen molar-refractivity contribution in [1.29, 1.82) is 0 Å². The number of ketones is 1. The van der Waals surface area contributed by atoms with Gasteiger partial charge in [-0.1, -0.05) is 13.8 Å². The average molecular weight is 309 g/mol. The Labute approximate surface area is 134 Å². The normalized spacial score (nSPS) is 27.0. The molecule has 118 valence electrons. The van der Waals surface area contributed by atoms with Gasteiger partial charge >= 0.3 is 5.63 Å². The number of fused-ring (bicyclic) bond motifs is 2. The first kappa shape index (κ1) is 14.2. The first-order valence-corrected chi connectivity index (χ1v) is 7.93. The van der Waals surface area contributed by atoms with E-state index in [1.54, 1.807) is 12.1 Å². The van der Waals surface area contributed by atoms with E-state index in [0.29, 0.717) is 23.8 Å². The molecule has 2 aromatic rings.